The Labute approximate surface area is 119 Å². The van der Waals surface area contributed by atoms with Crippen LogP contribution in [-0.2, 0) is 0 Å². The molecule has 1 aliphatic heterocycles. The standard InChI is InChI=1S/C15H23NO4/c1-18-12-8-7-10(14(19-2)15(12)20-3)13(17)11-6-4-5-9-16-11/h7-8,11,13,16-17H,4-6,9H2,1-3H3. The molecule has 2 unspecified atom stereocenters. The molecule has 112 valence electrons. The second-order valence-electron chi connectivity index (χ2n) is 4.92. The first kappa shape index (κ1) is 14.9. The third-order valence-corrected chi connectivity index (χ3v) is 3.78. The van der Waals surface area contributed by atoms with Crippen molar-refractivity contribution in [3.63, 3.8) is 0 Å². The van der Waals surface area contributed by atoms with Crippen LogP contribution in [0.5, 0.6) is 17.2 Å². The summed E-state index contributed by atoms with van der Waals surface area (Å²) in [5.41, 5.74) is 0.726. The SMILES string of the molecule is COc1ccc(C(O)C2CCCCN2)c(OC)c1OC. The average Bonchev–Trinajstić information content (AvgIpc) is 2.53. The van der Waals surface area contributed by atoms with Gasteiger partial charge in [-0.2, -0.15) is 0 Å². The van der Waals surface area contributed by atoms with Crippen LogP contribution in [-0.4, -0.2) is 39.0 Å². The van der Waals surface area contributed by atoms with Crippen molar-refractivity contribution in [3.8, 4) is 17.2 Å². The third-order valence-electron chi connectivity index (χ3n) is 3.78. The monoisotopic (exact) mass is 281 g/mol. The molecule has 0 amide bonds. The van der Waals surface area contributed by atoms with Crippen LogP contribution in [0.1, 0.15) is 30.9 Å². The Hall–Kier alpha value is -1.46. The zero-order valence-corrected chi connectivity index (χ0v) is 12.3. The number of aliphatic hydroxyl groups is 1. The van der Waals surface area contributed by atoms with Gasteiger partial charge in [-0.15, -0.1) is 0 Å². The Bertz CT molecular complexity index is 444. The Kier molecular flexibility index (Phi) is 5.09. The Morgan fingerprint density at radius 3 is 2.40 bits per heavy atom. The zero-order valence-electron chi connectivity index (χ0n) is 12.3. The van der Waals surface area contributed by atoms with Crippen LogP contribution in [0.25, 0.3) is 0 Å². The normalized spacial score (nSPS) is 20.3. The lowest BCUT2D eigenvalue weighted by Crippen LogP contribution is -2.38. The van der Waals surface area contributed by atoms with Crippen LogP contribution < -0.4 is 19.5 Å². The van der Waals surface area contributed by atoms with Crippen molar-refractivity contribution in [2.45, 2.75) is 31.4 Å². The average molecular weight is 281 g/mol. The molecule has 2 atom stereocenters. The fourth-order valence-electron chi connectivity index (χ4n) is 2.72. The quantitative estimate of drug-likeness (QED) is 0.863. The van der Waals surface area contributed by atoms with E-state index >= 15 is 0 Å². The van der Waals surface area contributed by atoms with E-state index in [0.29, 0.717) is 17.2 Å². The van der Waals surface area contributed by atoms with Crippen molar-refractivity contribution in [2.24, 2.45) is 0 Å². The van der Waals surface area contributed by atoms with Crippen LogP contribution in [0, 0.1) is 0 Å². The van der Waals surface area contributed by atoms with E-state index in [-0.39, 0.29) is 6.04 Å². The highest BCUT2D eigenvalue weighted by Gasteiger charge is 2.27. The largest absolute Gasteiger partial charge is 0.493 e. The number of nitrogens with one attached hydrogen (secondary N) is 1. The molecular weight excluding hydrogens is 258 g/mol. The van der Waals surface area contributed by atoms with Crippen LogP contribution >= 0.6 is 0 Å². The number of ether oxygens (including phenoxy) is 3. The summed E-state index contributed by atoms with van der Waals surface area (Å²) in [4.78, 5) is 0. The van der Waals surface area contributed by atoms with Gasteiger partial charge in [0.15, 0.2) is 11.5 Å². The van der Waals surface area contributed by atoms with Gasteiger partial charge in [-0.25, -0.2) is 0 Å². The van der Waals surface area contributed by atoms with Gasteiger partial charge in [-0.1, -0.05) is 6.42 Å². The van der Waals surface area contributed by atoms with Gasteiger partial charge >= 0.3 is 0 Å². The van der Waals surface area contributed by atoms with Crippen molar-refractivity contribution in [1.29, 1.82) is 0 Å². The van der Waals surface area contributed by atoms with Gasteiger partial charge in [-0.3, -0.25) is 0 Å². The molecule has 1 heterocycles. The number of benzene rings is 1. The molecule has 0 aliphatic carbocycles. The summed E-state index contributed by atoms with van der Waals surface area (Å²) in [6.07, 6.45) is 2.63. The zero-order chi connectivity index (χ0) is 14.5. The van der Waals surface area contributed by atoms with Gasteiger partial charge < -0.3 is 24.6 Å². The molecule has 0 radical (unpaired) electrons. The molecule has 5 nitrogen and oxygen atoms in total. The highest BCUT2D eigenvalue weighted by Crippen LogP contribution is 2.43. The molecule has 0 bridgehead atoms. The highest BCUT2D eigenvalue weighted by molar-refractivity contribution is 5.56. The first-order valence-electron chi connectivity index (χ1n) is 6.93. The third kappa shape index (κ3) is 2.83. The first-order valence-corrected chi connectivity index (χ1v) is 6.93. The summed E-state index contributed by atoms with van der Waals surface area (Å²) in [5, 5.41) is 14.0. The summed E-state index contributed by atoms with van der Waals surface area (Å²) in [6, 6.07) is 3.68. The van der Waals surface area contributed by atoms with Crippen LogP contribution in [0.4, 0.5) is 0 Å². The van der Waals surface area contributed by atoms with E-state index in [1.807, 2.05) is 6.07 Å². The van der Waals surface area contributed by atoms with E-state index in [4.69, 9.17) is 14.2 Å². The van der Waals surface area contributed by atoms with E-state index in [2.05, 4.69) is 5.32 Å². The summed E-state index contributed by atoms with van der Waals surface area (Å²) < 4.78 is 16.0. The van der Waals surface area contributed by atoms with Gasteiger partial charge in [0.25, 0.3) is 0 Å². The van der Waals surface area contributed by atoms with Crippen LogP contribution in [0.15, 0.2) is 12.1 Å². The Balaban J connectivity index is 2.34. The summed E-state index contributed by atoms with van der Waals surface area (Å²) in [5.74, 6) is 1.64. The molecule has 0 saturated carbocycles. The number of hydrogen-bond acceptors (Lipinski definition) is 5. The number of piperidine rings is 1. The predicted octanol–water partition coefficient (Wildman–Crippen LogP) is 1.89. The summed E-state index contributed by atoms with van der Waals surface area (Å²) >= 11 is 0. The Morgan fingerprint density at radius 2 is 1.85 bits per heavy atom. The Morgan fingerprint density at radius 1 is 1.10 bits per heavy atom. The molecule has 0 aromatic heterocycles. The molecular formula is C15H23NO4. The number of rotatable bonds is 5. The molecule has 1 aliphatic rings. The molecule has 20 heavy (non-hydrogen) atoms. The summed E-state index contributed by atoms with van der Waals surface area (Å²) in [6.45, 7) is 0.942. The van der Waals surface area contributed by atoms with Gasteiger partial charge in [0.05, 0.1) is 27.4 Å². The van der Waals surface area contributed by atoms with Gasteiger partial charge in [0, 0.05) is 11.6 Å². The molecule has 1 aromatic rings. The molecule has 1 fully saturated rings. The fourth-order valence-corrected chi connectivity index (χ4v) is 2.72. The van der Waals surface area contributed by atoms with Crippen LogP contribution in [0.3, 0.4) is 0 Å². The smallest absolute Gasteiger partial charge is 0.203 e. The molecule has 1 saturated heterocycles. The lowest BCUT2D eigenvalue weighted by atomic mass is 9.94. The van der Waals surface area contributed by atoms with E-state index in [0.717, 1.165) is 31.4 Å². The number of hydrogen-bond donors (Lipinski definition) is 2. The minimum absolute atomic E-state index is 0.0516. The van der Waals surface area contributed by atoms with Crippen LogP contribution in [0.2, 0.25) is 0 Å². The second kappa shape index (κ2) is 6.81. The second-order valence-corrected chi connectivity index (χ2v) is 4.92. The molecule has 5 heteroatoms. The fraction of sp³-hybridized carbons (Fsp3) is 0.600. The highest BCUT2D eigenvalue weighted by atomic mass is 16.5. The maximum Gasteiger partial charge on any atom is 0.203 e. The van der Waals surface area contributed by atoms with Gasteiger partial charge in [0.2, 0.25) is 5.75 Å². The van der Waals surface area contributed by atoms with Gasteiger partial charge in [0.1, 0.15) is 0 Å². The molecule has 0 spiro atoms. The molecule has 2 rings (SSSR count). The minimum Gasteiger partial charge on any atom is -0.493 e. The van der Waals surface area contributed by atoms with Crippen molar-refractivity contribution >= 4 is 0 Å². The lowest BCUT2D eigenvalue weighted by Gasteiger charge is -2.29. The van der Waals surface area contributed by atoms with Crippen molar-refractivity contribution in [1.82, 2.24) is 5.32 Å². The van der Waals surface area contributed by atoms with Crippen molar-refractivity contribution in [3.05, 3.63) is 17.7 Å². The van der Waals surface area contributed by atoms with Crippen molar-refractivity contribution < 1.29 is 19.3 Å². The number of aliphatic hydroxyl groups excluding tert-OH is 1. The van der Waals surface area contributed by atoms with E-state index < -0.39 is 6.10 Å². The maximum atomic E-state index is 10.6. The number of methoxy groups -OCH3 is 3. The summed E-state index contributed by atoms with van der Waals surface area (Å²) in [7, 11) is 4.72. The molecule has 2 N–H and O–H groups in total. The predicted molar refractivity (Wildman–Crippen MR) is 76.7 cm³/mol. The van der Waals surface area contributed by atoms with E-state index in [1.54, 1.807) is 27.4 Å². The van der Waals surface area contributed by atoms with Gasteiger partial charge in [-0.05, 0) is 31.5 Å². The maximum absolute atomic E-state index is 10.6. The topological polar surface area (TPSA) is 60.0 Å². The minimum atomic E-state index is -0.620. The van der Waals surface area contributed by atoms with E-state index in [1.165, 1.54) is 0 Å². The molecule has 1 aromatic carbocycles. The lowest BCUT2D eigenvalue weighted by molar-refractivity contribution is 0.110. The first-order chi connectivity index (χ1) is 9.72. The van der Waals surface area contributed by atoms with Crippen molar-refractivity contribution in [2.75, 3.05) is 27.9 Å². The van der Waals surface area contributed by atoms with E-state index in [9.17, 15) is 5.11 Å².